The molecular weight excluding hydrogens is 654 g/mol. The van der Waals surface area contributed by atoms with Crippen LogP contribution in [0.1, 0.15) is 56.1 Å². The molecule has 4 heterocycles. The van der Waals surface area contributed by atoms with Crippen LogP contribution in [-0.2, 0) is 4.79 Å². The minimum Gasteiger partial charge on any atom is -0.366 e. The Balaban J connectivity index is 1.92. The van der Waals surface area contributed by atoms with Gasteiger partial charge in [-0.05, 0) is 50.5 Å². The Kier molecular flexibility index (Phi) is 9.29. The fourth-order valence-corrected chi connectivity index (χ4v) is 6.95. The van der Waals surface area contributed by atoms with Crippen LogP contribution in [0.25, 0.3) is 22.3 Å². The molecule has 1 amide bonds. The van der Waals surface area contributed by atoms with Gasteiger partial charge in [-0.15, -0.1) is 0 Å². The van der Waals surface area contributed by atoms with E-state index in [-0.39, 0.29) is 70.0 Å². The number of nitrogens with two attached hydrogens (primary N) is 1. The van der Waals surface area contributed by atoms with E-state index in [0.717, 1.165) is 0 Å². The number of rotatable bonds is 5. The van der Waals surface area contributed by atoms with E-state index in [1.54, 1.807) is 24.1 Å². The molecule has 2 N–H and O–H groups in total. The highest BCUT2D eigenvalue weighted by Crippen LogP contribution is 2.44. The molecule has 47 heavy (non-hydrogen) atoms. The zero-order valence-electron chi connectivity index (χ0n) is 26.3. The van der Waals surface area contributed by atoms with Crippen molar-refractivity contribution in [1.82, 2.24) is 19.4 Å². The van der Waals surface area contributed by atoms with E-state index >= 15 is 4.39 Å². The predicted octanol–water partition coefficient (Wildman–Crippen LogP) is 6.13. The quantitative estimate of drug-likeness (QED) is 0.321. The molecule has 14 heteroatoms. The molecule has 1 aliphatic carbocycles. The Bertz CT molecular complexity index is 1990. The largest absolute Gasteiger partial charge is 0.366 e. The Morgan fingerprint density at radius 2 is 1.85 bits per heavy atom. The summed E-state index contributed by atoms with van der Waals surface area (Å²) in [5.41, 5.74) is 5.42. The van der Waals surface area contributed by atoms with Crippen molar-refractivity contribution in [3.05, 3.63) is 85.6 Å². The van der Waals surface area contributed by atoms with E-state index < -0.39 is 40.0 Å². The molecule has 4 atom stereocenters. The minimum atomic E-state index is -2.52. The second-order valence-corrected chi connectivity index (χ2v) is 12.9. The van der Waals surface area contributed by atoms with E-state index in [1.165, 1.54) is 16.7 Å². The number of hydrogen-bond donors (Lipinski definition) is 1. The Labute approximate surface area is 279 Å². The zero-order valence-corrected chi connectivity index (χ0v) is 27.8. The molecule has 0 aromatic carbocycles. The van der Waals surface area contributed by atoms with Gasteiger partial charge in [-0.1, -0.05) is 43.6 Å². The summed E-state index contributed by atoms with van der Waals surface area (Å²) in [7, 11) is 0. The molecular formula is C33H32Cl2F3N7O2. The highest BCUT2D eigenvalue weighted by atomic mass is 35.5. The van der Waals surface area contributed by atoms with E-state index in [0.29, 0.717) is 16.9 Å². The first-order chi connectivity index (χ1) is 22.2. The number of amides is 1. The standard InChI is InChI=1S/C33H32Cl2F3N7O2/c1-7-21(46)44-16(5)12-43(13-17(44)6)31-18-10-20(34)29(22-23(35)27(40)26(38)25(37)24(22)36)42-32(18)45(33(47)19(31)11-39)30-15(4)8-9-41-28(30)14(2)3/h7-10,14,16-17,26-27H,1,12-13,40H2,2-6H3/t16-,17+,26?,27-/m0/s1. The number of fused-ring (bicyclic) bond motifs is 1. The normalized spacial score (nSPS) is 21.9. The van der Waals surface area contributed by atoms with Gasteiger partial charge in [0, 0.05) is 36.8 Å². The van der Waals surface area contributed by atoms with Gasteiger partial charge < -0.3 is 15.5 Å². The number of carbonyl (C=O) groups is 1. The van der Waals surface area contributed by atoms with Gasteiger partial charge in [-0.3, -0.25) is 19.1 Å². The number of aromatic nitrogens is 3. The molecule has 246 valence electrons. The van der Waals surface area contributed by atoms with Crippen molar-refractivity contribution in [3.8, 4) is 11.8 Å². The summed E-state index contributed by atoms with van der Waals surface area (Å²) in [6.07, 6.45) is 0.302. The first-order valence-corrected chi connectivity index (χ1v) is 15.6. The topological polar surface area (TPSA) is 121 Å². The van der Waals surface area contributed by atoms with Gasteiger partial charge >= 0.3 is 0 Å². The number of alkyl halides is 1. The Morgan fingerprint density at radius 1 is 1.21 bits per heavy atom. The lowest BCUT2D eigenvalue weighted by atomic mass is 9.96. The van der Waals surface area contributed by atoms with Crippen molar-refractivity contribution in [2.24, 2.45) is 5.73 Å². The predicted molar refractivity (Wildman–Crippen MR) is 177 cm³/mol. The third-order valence-electron chi connectivity index (χ3n) is 8.53. The van der Waals surface area contributed by atoms with Crippen LogP contribution in [0.5, 0.6) is 0 Å². The Hall–Kier alpha value is -4.18. The first-order valence-electron chi connectivity index (χ1n) is 14.9. The number of nitriles is 1. The lowest BCUT2D eigenvalue weighted by Gasteiger charge is -2.45. The molecule has 1 aliphatic heterocycles. The van der Waals surface area contributed by atoms with Crippen molar-refractivity contribution >= 4 is 51.4 Å². The van der Waals surface area contributed by atoms with Gasteiger partial charge in [0.05, 0.1) is 44.4 Å². The van der Waals surface area contributed by atoms with Crippen LogP contribution < -0.4 is 16.2 Å². The van der Waals surface area contributed by atoms with Gasteiger partial charge in [0.2, 0.25) is 5.91 Å². The number of piperazine rings is 1. The van der Waals surface area contributed by atoms with Gasteiger partial charge in [-0.2, -0.15) is 5.26 Å². The molecule has 1 fully saturated rings. The van der Waals surface area contributed by atoms with Crippen LogP contribution >= 0.6 is 23.2 Å². The maximum absolute atomic E-state index is 15.4. The van der Waals surface area contributed by atoms with Crippen LogP contribution in [0, 0.1) is 18.3 Å². The number of halogens is 5. The number of allylic oxidation sites excluding steroid dienone is 2. The monoisotopic (exact) mass is 685 g/mol. The molecule has 2 aliphatic rings. The van der Waals surface area contributed by atoms with Gasteiger partial charge in [0.25, 0.3) is 5.56 Å². The average Bonchev–Trinajstić information content (AvgIpc) is 3.02. The fourth-order valence-electron chi connectivity index (χ4n) is 6.43. The van der Waals surface area contributed by atoms with Crippen molar-refractivity contribution in [2.75, 3.05) is 18.0 Å². The summed E-state index contributed by atoms with van der Waals surface area (Å²) in [6, 6.07) is 2.70. The summed E-state index contributed by atoms with van der Waals surface area (Å²) >= 11 is 13.0. The van der Waals surface area contributed by atoms with Crippen molar-refractivity contribution < 1.29 is 18.0 Å². The van der Waals surface area contributed by atoms with Crippen molar-refractivity contribution in [2.45, 2.75) is 64.8 Å². The number of aryl methyl sites for hydroxylation is 1. The Morgan fingerprint density at radius 3 is 2.43 bits per heavy atom. The highest BCUT2D eigenvalue weighted by Gasteiger charge is 2.39. The van der Waals surface area contributed by atoms with E-state index in [2.05, 4.69) is 22.6 Å². The first kappa shape index (κ1) is 34.2. The second-order valence-electron chi connectivity index (χ2n) is 12.0. The third kappa shape index (κ3) is 5.50. The molecule has 1 saturated heterocycles. The number of pyridine rings is 3. The maximum Gasteiger partial charge on any atom is 0.276 e. The van der Waals surface area contributed by atoms with Crippen LogP contribution in [0.15, 0.2) is 52.5 Å². The van der Waals surface area contributed by atoms with Crippen LogP contribution in [0.2, 0.25) is 5.02 Å². The van der Waals surface area contributed by atoms with Crippen molar-refractivity contribution in [1.29, 1.82) is 5.26 Å². The third-order valence-corrected chi connectivity index (χ3v) is 9.26. The molecule has 0 bridgehead atoms. The second kappa shape index (κ2) is 12.8. The maximum atomic E-state index is 15.4. The lowest BCUT2D eigenvalue weighted by molar-refractivity contribution is -0.130. The molecule has 3 aromatic heterocycles. The SMILES string of the molecule is C=CC(=O)N1[C@H](C)CN(c2c(C#N)c(=O)n(-c3c(C)ccnc3C(C)C)c3nc(C4=C(Cl)[C@H](N)C(F)C(F)=C4F)c(Cl)cc23)C[C@@H]1C. The average molecular weight is 687 g/mol. The summed E-state index contributed by atoms with van der Waals surface area (Å²) in [4.78, 5) is 39.8. The van der Waals surface area contributed by atoms with E-state index in [1.807, 2.05) is 32.6 Å². The summed E-state index contributed by atoms with van der Waals surface area (Å²) < 4.78 is 45.8. The summed E-state index contributed by atoms with van der Waals surface area (Å²) in [5.74, 6) is -3.83. The smallest absolute Gasteiger partial charge is 0.276 e. The van der Waals surface area contributed by atoms with Gasteiger partial charge in [0.15, 0.2) is 17.8 Å². The molecule has 9 nitrogen and oxygen atoms in total. The number of anilines is 1. The van der Waals surface area contributed by atoms with E-state index in [9.17, 15) is 23.6 Å². The van der Waals surface area contributed by atoms with Crippen LogP contribution in [0.3, 0.4) is 0 Å². The van der Waals surface area contributed by atoms with Crippen LogP contribution in [-0.4, -0.2) is 62.7 Å². The highest BCUT2D eigenvalue weighted by molar-refractivity contribution is 6.37. The number of nitrogens with zero attached hydrogens (tertiary/aromatic N) is 6. The fraction of sp³-hybridized carbons (Fsp3) is 0.364. The summed E-state index contributed by atoms with van der Waals surface area (Å²) in [5, 5.41) is 9.96. The van der Waals surface area contributed by atoms with Crippen LogP contribution in [0.4, 0.5) is 18.9 Å². The molecule has 1 unspecified atom stereocenters. The molecule has 0 spiro atoms. The van der Waals surface area contributed by atoms with Gasteiger partial charge in [0.1, 0.15) is 17.3 Å². The lowest BCUT2D eigenvalue weighted by Crippen LogP contribution is -2.58. The molecule has 0 radical (unpaired) electrons. The number of carbonyl (C=O) groups excluding carboxylic acids is 1. The molecule has 3 aromatic rings. The molecule has 0 saturated carbocycles. The summed E-state index contributed by atoms with van der Waals surface area (Å²) in [6.45, 7) is 13.2. The van der Waals surface area contributed by atoms with Crippen molar-refractivity contribution in [3.63, 3.8) is 0 Å². The molecule has 5 rings (SSSR count). The van der Waals surface area contributed by atoms with Gasteiger partial charge in [-0.25, -0.2) is 18.2 Å². The minimum absolute atomic E-state index is 0.0626. The zero-order chi connectivity index (χ0) is 34.6. The number of hydrogen-bond acceptors (Lipinski definition) is 7. The van der Waals surface area contributed by atoms with E-state index in [4.69, 9.17) is 28.9 Å².